The first-order valence-electron chi connectivity index (χ1n) is 10.2. The zero-order valence-electron chi connectivity index (χ0n) is 16.6. The number of fused-ring (bicyclic) bond motifs is 2. The number of imidazole rings is 1. The van der Waals surface area contributed by atoms with Crippen molar-refractivity contribution in [2.24, 2.45) is 5.92 Å². The lowest BCUT2D eigenvalue weighted by Gasteiger charge is -2.39. The monoisotopic (exact) mass is 416 g/mol. The summed E-state index contributed by atoms with van der Waals surface area (Å²) in [6, 6.07) is 11.3. The summed E-state index contributed by atoms with van der Waals surface area (Å²) < 4.78 is 47.0. The second kappa shape index (κ2) is 7.19. The Balaban J connectivity index is 1.54. The Kier molecular flexibility index (Phi) is 4.61. The quantitative estimate of drug-likeness (QED) is 0.677. The van der Waals surface area contributed by atoms with Crippen LogP contribution in [0.4, 0.5) is 18.9 Å². The van der Waals surface area contributed by atoms with Gasteiger partial charge in [-0.3, -0.25) is 4.90 Å². The number of rotatable bonds is 3. The molecule has 0 amide bonds. The van der Waals surface area contributed by atoms with E-state index in [9.17, 15) is 13.2 Å². The summed E-state index contributed by atoms with van der Waals surface area (Å²) >= 11 is 0. The van der Waals surface area contributed by atoms with Gasteiger partial charge < -0.3 is 14.5 Å². The van der Waals surface area contributed by atoms with E-state index in [0.29, 0.717) is 18.2 Å². The molecule has 0 radical (unpaired) electrons. The average molecular weight is 416 g/mol. The standard InChI is InChI=1S/C22H23F3N4O/c1-14-8-10-28(11-14)17-13-30-18-7-3-2-5-15(18)20(17)26-16-6-4-9-29-12-19(22(23,24)25)27-21(16)29/h2-7,9,12,14,17,20,26H,8,10-11,13H2,1H3/t14-,17-,20-/m0/s1. The predicted molar refractivity (Wildman–Crippen MR) is 108 cm³/mol. The van der Waals surface area contributed by atoms with Crippen LogP contribution in [-0.4, -0.2) is 40.0 Å². The molecule has 2 aliphatic heterocycles. The molecule has 158 valence electrons. The fraction of sp³-hybridized carbons (Fsp3) is 0.409. The molecule has 5 nitrogen and oxygen atoms in total. The van der Waals surface area contributed by atoms with E-state index < -0.39 is 11.9 Å². The van der Waals surface area contributed by atoms with Crippen LogP contribution in [0.1, 0.15) is 30.6 Å². The first-order valence-corrected chi connectivity index (χ1v) is 10.2. The molecule has 3 aromatic rings. The smallest absolute Gasteiger partial charge is 0.434 e. The van der Waals surface area contributed by atoms with E-state index in [1.54, 1.807) is 18.3 Å². The number of likely N-dealkylation sites (tertiary alicyclic amines) is 1. The number of aromatic nitrogens is 2. The highest BCUT2D eigenvalue weighted by Crippen LogP contribution is 2.39. The van der Waals surface area contributed by atoms with Gasteiger partial charge >= 0.3 is 6.18 Å². The van der Waals surface area contributed by atoms with Crippen LogP contribution in [0.2, 0.25) is 0 Å². The molecule has 0 unspecified atom stereocenters. The van der Waals surface area contributed by atoms with Crippen molar-refractivity contribution in [2.75, 3.05) is 25.0 Å². The number of ether oxygens (including phenoxy) is 1. The first kappa shape index (κ1) is 19.2. The zero-order valence-corrected chi connectivity index (χ0v) is 16.6. The van der Waals surface area contributed by atoms with Gasteiger partial charge in [0.05, 0.1) is 17.8 Å². The van der Waals surface area contributed by atoms with Gasteiger partial charge in [-0.05, 0) is 37.1 Å². The summed E-state index contributed by atoms with van der Waals surface area (Å²) in [6.45, 7) is 4.75. The van der Waals surface area contributed by atoms with Gasteiger partial charge in [0.2, 0.25) is 0 Å². The molecule has 1 N–H and O–H groups in total. The minimum atomic E-state index is -4.48. The van der Waals surface area contributed by atoms with Gasteiger partial charge in [-0.15, -0.1) is 0 Å². The highest BCUT2D eigenvalue weighted by atomic mass is 19.4. The topological polar surface area (TPSA) is 41.8 Å². The Morgan fingerprint density at radius 3 is 2.77 bits per heavy atom. The van der Waals surface area contributed by atoms with Crippen LogP contribution in [0.15, 0.2) is 48.8 Å². The van der Waals surface area contributed by atoms with Gasteiger partial charge in [-0.2, -0.15) is 13.2 Å². The molecule has 5 rings (SSSR count). The maximum atomic E-state index is 13.2. The molecule has 2 aliphatic rings. The summed E-state index contributed by atoms with van der Waals surface area (Å²) in [5.74, 6) is 1.43. The Labute approximate surface area is 172 Å². The van der Waals surface area contributed by atoms with Gasteiger partial charge in [0.25, 0.3) is 0 Å². The van der Waals surface area contributed by atoms with E-state index in [-0.39, 0.29) is 17.7 Å². The van der Waals surface area contributed by atoms with Gasteiger partial charge in [-0.1, -0.05) is 25.1 Å². The average Bonchev–Trinajstić information content (AvgIpc) is 3.35. The van der Waals surface area contributed by atoms with Crippen LogP contribution in [-0.2, 0) is 6.18 Å². The van der Waals surface area contributed by atoms with Gasteiger partial charge in [-0.25, -0.2) is 4.98 Å². The lowest BCUT2D eigenvalue weighted by molar-refractivity contribution is -0.140. The fourth-order valence-electron chi connectivity index (χ4n) is 4.54. The summed E-state index contributed by atoms with van der Waals surface area (Å²) in [4.78, 5) is 6.29. The number of benzene rings is 1. The van der Waals surface area contributed by atoms with Gasteiger partial charge in [0, 0.05) is 24.5 Å². The summed E-state index contributed by atoms with van der Waals surface area (Å²) in [6.07, 6.45) is -0.739. The van der Waals surface area contributed by atoms with Crippen molar-refractivity contribution >= 4 is 11.3 Å². The summed E-state index contributed by atoms with van der Waals surface area (Å²) in [7, 11) is 0. The molecule has 8 heteroatoms. The molecule has 2 aromatic heterocycles. The SMILES string of the molecule is C[C@H]1CCN([C@H]2COc3ccccc3[C@@H]2Nc2cccn3cc(C(F)(F)F)nc23)C1. The lowest BCUT2D eigenvalue weighted by atomic mass is 9.94. The summed E-state index contributed by atoms with van der Waals surface area (Å²) in [5, 5.41) is 3.51. The van der Waals surface area contributed by atoms with E-state index in [4.69, 9.17) is 4.74 Å². The third-order valence-electron chi connectivity index (χ3n) is 6.06. The number of hydrogen-bond acceptors (Lipinski definition) is 4. The first-order chi connectivity index (χ1) is 14.4. The molecule has 0 aliphatic carbocycles. The number of para-hydroxylation sites is 1. The Morgan fingerprint density at radius 2 is 2.00 bits per heavy atom. The Bertz CT molecular complexity index is 1060. The van der Waals surface area contributed by atoms with Crippen LogP contribution in [0, 0.1) is 5.92 Å². The Morgan fingerprint density at radius 1 is 1.17 bits per heavy atom. The maximum absolute atomic E-state index is 13.2. The van der Waals surface area contributed by atoms with E-state index in [2.05, 4.69) is 22.1 Å². The number of hydrogen-bond donors (Lipinski definition) is 1. The van der Waals surface area contributed by atoms with Crippen LogP contribution in [0.5, 0.6) is 5.75 Å². The molecular weight excluding hydrogens is 393 g/mol. The third kappa shape index (κ3) is 3.39. The minimum Gasteiger partial charge on any atom is -0.491 e. The molecular formula is C22H23F3N4O. The lowest BCUT2D eigenvalue weighted by Crippen LogP contribution is -2.47. The normalized spacial score (nSPS) is 24.6. The molecule has 0 bridgehead atoms. The fourth-order valence-corrected chi connectivity index (χ4v) is 4.54. The van der Waals surface area contributed by atoms with Crippen LogP contribution in [0.3, 0.4) is 0 Å². The molecule has 30 heavy (non-hydrogen) atoms. The molecule has 1 aromatic carbocycles. The molecule has 0 saturated carbocycles. The van der Waals surface area contributed by atoms with E-state index in [1.807, 2.05) is 24.3 Å². The number of nitrogens with zero attached hydrogens (tertiary/aromatic N) is 3. The molecule has 0 spiro atoms. The van der Waals surface area contributed by atoms with Gasteiger partial charge in [0.15, 0.2) is 11.3 Å². The number of nitrogens with one attached hydrogen (secondary N) is 1. The highest BCUT2D eigenvalue weighted by molar-refractivity contribution is 5.69. The molecule has 1 fully saturated rings. The third-order valence-corrected chi connectivity index (χ3v) is 6.06. The van der Waals surface area contributed by atoms with E-state index in [1.165, 1.54) is 4.40 Å². The molecule has 4 heterocycles. The summed E-state index contributed by atoms with van der Waals surface area (Å²) in [5.41, 5.74) is 0.959. The zero-order chi connectivity index (χ0) is 20.9. The second-order valence-corrected chi connectivity index (χ2v) is 8.20. The van der Waals surface area contributed by atoms with Crippen molar-refractivity contribution in [3.63, 3.8) is 0 Å². The van der Waals surface area contributed by atoms with Crippen LogP contribution < -0.4 is 10.1 Å². The van der Waals surface area contributed by atoms with E-state index in [0.717, 1.165) is 37.0 Å². The van der Waals surface area contributed by atoms with Crippen molar-refractivity contribution in [3.8, 4) is 5.75 Å². The highest BCUT2D eigenvalue weighted by Gasteiger charge is 2.38. The minimum absolute atomic E-state index is 0.0853. The molecule has 3 atom stereocenters. The van der Waals surface area contributed by atoms with Crippen molar-refractivity contribution < 1.29 is 17.9 Å². The molecule has 1 saturated heterocycles. The second-order valence-electron chi connectivity index (χ2n) is 8.20. The van der Waals surface area contributed by atoms with Crippen molar-refractivity contribution in [1.82, 2.24) is 14.3 Å². The number of anilines is 1. The van der Waals surface area contributed by atoms with Crippen molar-refractivity contribution in [2.45, 2.75) is 31.6 Å². The van der Waals surface area contributed by atoms with Gasteiger partial charge in [0.1, 0.15) is 12.4 Å². The van der Waals surface area contributed by atoms with Crippen molar-refractivity contribution in [1.29, 1.82) is 0 Å². The number of pyridine rings is 1. The van der Waals surface area contributed by atoms with E-state index >= 15 is 0 Å². The van der Waals surface area contributed by atoms with Crippen LogP contribution in [0.25, 0.3) is 5.65 Å². The number of halogens is 3. The predicted octanol–water partition coefficient (Wildman–Crippen LogP) is 4.61. The Hall–Kier alpha value is -2.74. The van der Waals surface area contributed by atoms with Crippen molar-refractivity contribution in [3.05, 3.63) is 60.0 Å². The maximum Gasteiger partial charge on any atom is 0.434 e. The number of alkyl halides is 3. The largest absolute Gasteiger partial charge is 0.491 e. The van der Waals surface area contributed by atoms with Crippen LogP contribution >= 0.6 is 0 Å².